The van der Waals surface area contributed by atoms with E-state index in [0.29, 0.717) is 11.3 Å². The molecule has 1 unspecified atom stereocenters. The molecule has 2 aromatic heterocycles. The first kappa shape index (κ1) is 12.9. The third-order valence-corrected chi connectivity index (χ3v) is 3.32. The van der Waals surface area contributed by atoms with Crippen LogP contribution in [0.2, 0.25) is 0 Å². The van der Waals surface area contributed by atoms with Crippen LogP contribution in [0.4, 0.5) is 18.3 Å². The Morgan fingerprint density at radius 2 is 2.11 bits per heavy atom. The van der Waals surface area contributed by atoms with E-state index >= 15 is 0 Å². The van der Waals surface area contributed by atoms with E-state index < -0.39 is 11.1 Å². The van der Waals surface area contributed by atoms with Crippen molar-refractivity contribution >= 4 is 16.5 Å². The Kier molecular flexibility index (Phi) is 3.29. The average molecular weight is 276 g/mol. The zero-order valence-corrected chi connectivity index (χ0v) is 10.5. The van der Waals surface area contributed by atoms with Crippen LogP contribution >= 0.6 is 11.3 Å². The summed E-state index contributed by atoms with van der Waals surface area (Å²) in [6.45, 7) is 1.84. The molecule has 4 nitrogen and oxygen atoms in total. The van der Waals surface area contributed by atoms with Gasteiger partial charge in [0.1, 0.15) is 4.88 Å². The lowest BCUT2D eigenvalue weighted by Gasteiger charge is -2.10. The summed E-state index contributed by atoms with van der Waals surface area (Å²) in [5.41, 5.74) is 0.890. The first-order chi connectivity index (χ1) is 8.36. The molecular formula is C10H11F3N4S. The largest absolute Gasteiger partial charge is 0.427 e. The number of nitrogens with zero attached hydrogens (tertiary/aromatic N) is 3. The fourth-order valence-corrected chi connectivity index (χ4v) is 2.17. The number of thiazole rings is 1. The third kappa shape index (κ3) is 2.81. The van der Waals surface area contributed by atoms with Gasteiger partial charge in [-0.1, -0.05) is 11.3 Å². The van der Waals surface area contributed by atoms with Crippen molar-refractivity contribution in [1.82, 2.24) is 14.8 Å². The van der Waals surface area contributed by atoms with Crippen LogP contribution in [0.1, 0.15) is 23.4 Å². The molecule has 0 radical (unpaired) electrons. The predicted octanol–water partition coefficient (Wildman–Crippen LogP) is 3.07. The Morgan fingerprint density at radius 1 is 1.39 bits per heavy atom. The maximum Gasteiger partial charge on any atom is 0.427 e. The van der Waals surface area contributed by atoms with E-state index in [2.05, 4.69) is 15.4 Å². The van der Waals surface area contributed by atoms with Crippen molar-refractivity contribution < 1.29 is 13.2 Å². The van der Waals surface area contributed by atoms with Gasteiger partial charge in [-0.25, -0.2) is 4.98 Å². The van der Waals surface area contributed by atoms with Crippen molar-refractivity contribution in [2.75, 3.05) is 5.32 Å². The number of rotatable bonds is 3. The van der Waals surface area contributed by atoms with Crippen molar-refractivity contribution in [1.29, 1.82) is 0 Å². The van der Waals surface area contributed by atoms with Gasteiger partial charge in [-0.05, 0) is 6.92 Å². The molecule has 0 spiro atoms. The van der Waals surface area contributed by atoms with E-state index in [0.717, 1.165) is 11.8 Å². The molecule has 0 aromatic carbocycles. The highest BCUT2D eigenvalue weighted by molar-refractivity contribution is 7.15. The van der Waals surface area contributed by atoms with Gasteiger partial charge in [0.2, 0.25) is 0 Å². The number of anilines is 1. The molecule has 0 aliphatic carbocycles. The smallest absolute Gasteiger partial charge is 0.355 e. The molecule has 0 saturated carbocycles. The Balaban J connectivity index is 2.08. The average Bonchev–Trinajstić information content (AvgIpc) is 2.85. The second-order valence-electron chi connectivity index (χ2n) is 3.84. The summed E-state index contributed by atoms with van der Waals surface area (Å²) < 4.78 is 38.8. The Bertz CT molecular complexity index is 531. The summed E-state index contributed by atoms with van der Waals surface area (Å²) in [7, 11) is 1.78. The summed E-state index contributed by atoms with van der Waals surface area (Å²) in [5, 5.41) is 7.17. The molecule has 1 atom stereocenters. The standard InChI is InChI=1S/C10H11F3N4S/c1-6(7-3-15-17(2)5-7)16-9-14-4-8(18-9)10(11,12)13/h3-6H,1-2H3,(H,14,16). The zero-order valence-electron chi connectivity index (χ0n) is 9.69. The molecule has 2 aromatic rings. The van der Waals surface area contributed by atoms with Crippen LogP contribution in [0.25, 0.3) is 0 Å². The second kappa shape index (κ2) is 4.60. The van der Waals surface area contributed by atoms with Crippen molar-refractivity contribution in [2.24, 2.45) is 7.05 Å². The monoisotopic (exact) mass is 276 g/mol. The van der Waals surface area contributed by atoms with Crippen LogP contribution in [0, 0.1) is 0 Å². The lowest BCUT2D eigenvalue weighted by atomic mass is 10.2. The summed E-state index contributed by atoms with van der Waals surface area (Å²) in [4.78, 5) is 3.01. The van der Waals surface area contributed by atoms with E-state index in [-0.39, 0.29) is 11.2 Å². The van der Waals surface area contributed by atoms with Crippen LogP contribution in [-0.2, 0) is 13.2 Å². The number of hydrogen-bond acceptors (Lipinski definition) is 4. The highest BCUT2D eigenvalue weighted by atomic mass is 32.1. The molecule has 18 heavy (non-hydrogen) atoms. The normalized spacial score (nSPS) is 13.6. The molecular weight excluding hydrogens is 265 g/mol. The molecule has 2 heterocycles. The van der Waals surface area contributed by atoms with Crippen molar-refractivity contribution in [3.8, 4) is 0 Å². The van der Waals surface area contributed by atoms with Gasteiger partial charge in [-0.15, -0.1) is 0 Å². The number of hydrogen-bond donors (Lipinski definition) is 1. The van der Waals surface area contributed by atoms with E-state index in [1.54, 1.807) is 24.1 Å². The van der Waals surface area contributed by atoms with Crippen LogP contribution in [-0.4, -0.2) is 14.8 Å². The van der Waals surface area contributed by atoms with Crippen LogP contribution in [0.5, 0.6) is 0 Å². The minimum Gasteiger partial charge on any atom is -0.355 e. The minimum absolute atomic E-state index is 0.147. The number of aryl methyl sites for hydroxylation is 1. The van der Waals surface area contributed by atoms with Crippen molar-refractivity contribution in [3.05, 3.63) is 29.0 Å². The topological polar surface area (TPSA) is 42.7 Å². The Labute approximate surface area is 105 Å². The molecule has 2 rings (SSSR count). The molecule has 0 fully saturated rings. The lowest BCUT2D eigenvalue weighted by Crippen LogP contribution is -2.05. The molecule has 0 amide bonds. The van der Waals surface area contributed by atoms with Gasteiger partial charge in [0.05, 0.1) is 18.4 Å². The van der Waals surface area contributed by atoms with Crippen LogP contribution in [0.15, 0.2) is 18.6 Å². The maximum absolute atomic E-state index is 12.4. The molecule has 1 N–H and O–H groups in total. The molecule has 0 bridgehead atoms. The predicted molar refractivity (Wildman–Crippen MR) is 62.4 cm³/mol. The van der Waals surface area contributed by atoms with E-state index in [1.165, 1.54) is 0 Å². The van der Waals surface area contributed by atoms with E-state index in [1.807, 2.05) is 6.92 Å². The number of alkyl halides is 3. The summed E-state index contributed by atoms with van der Waals surface area (Å²) in [5.74, 6) is 0. The van der Waals surface area contributed by atoms with Gasteiger partial charge in [0.15, 0.2) is 5.13 Å². The van der Waals surface area contributed by atoms with Crippen LogP contribution in [0.3, 0.4) is 0 Å². The van der Waals surface area contributed by atoms with Gasteiger partial charge in [0.25, 0.3) is 0 Å². The molecule has 98 valence electrons. The minimum atomic E-state index is -4.34. The highest BCUT2D eigenvalue weighted by Gasteiger charge is 2.33. The summed E-state index contributed by atoms with van der Waals surface area (Å²) in [6, 6.07) is -0.147. The fraction of sp³-hybridized carbons (Fsp3) is 0.400. The molecule has 0 aliphatic rings. The lowest BCUT2D eigenvalue weighted by molar-refractivity contribution is -0.134. The SMILES string of the molecule is CC(Nc1ncc(C(F)(F)F)s1)c1cnn(C)c1. The molecule has 0 saturated heterocycles. The zero-order chi connectivity index (χ0) is 13.3. The number of halogens is 3. The van der Waals surface area contributed by atoms with Gasteiger partial charge in [0, 0.05) is 18.8 Å². The number of aromatic nitrogens is 3. The number of nitrogens with one attached hydrogen (secondary N) is 1. The van der Waals surface area contributed by atoms with Gasteiger partial charge < -0.3 is 5.32 Å². The first-order valence-electron chi connectivity index (χ1n) is 5.14. The van der Waals surface area contributed by atoms with E-state index in [9.17, 15) is 13.2 Å². The highest BCUT2D eigenvalue weighted by Crippen LogP contribution is 2.35. The maximum atomic E-state index is 12.4. The first-order valence-corrected chi connectivity index (χ1v) is 5.96. The summed E-state index contributed by atoms with van der Waals surface area (Å²) in [6.07, 6.45) is -0.0377. The fourth-order valence-electron chi connectivity index (χ4n) is 1.40. The third-order valence-electron chi connectivity index (χ3n) is 2.35. The van der Waals surface area contributed by atoms with Crippen LogP contribution < -0.4 is 5.32 Å². The molecule has 8 heteroatoms. The van der Waals surface area contributed by atoms with Gasteiger partial charge in [-0.3, -0.25) is 4.68 Å². The van der Waals surface area contributed by atoms with Gasteiger partial charge >= 0.3 is 6.18 Å². The Hall–Kier alpha value is -1.57. The Morgan fingerprint density at radius 3 is 2.61 bits per heavy atom. The second-order valence-corrected chi connectivity index (χ2v) is 4.87. The van der Waals surface area contributed by atoms with Crippen molar-refractivity contribution in [2.45, 2.75) is 19.1 Å². The summed E-state index contributed by atoms with van der Waals surface area (Å²) >= 11 is 0.595. The van der Waals surface area contributed by atoms with Crippen molar-refractivity contribution in [3.63, 3.8) is 0 Å². The van der Waals surface area contributed by atoms with Gasteiger partial charge in [-0.2, -0.15) is 18.3 Å². The van der Waals surface area contributed by atoms with E-state index in [4.69, 9.17) is 0 Å². The molecule has 0 aliphatic heterocycles. The quantitative estimate of drug-likeness (QED) is 0.936.